The molecule has 0 aromatic heterocycles. The molecule has 6 heteroatoms. The van der Waals surface area contributed by atoms with Crippen LogP contribution < -0.4 is 10.6 Å². The van der Waals surface area contributed by atoms with Crippen molar-refractivity contribution in [1.29, 1.82) is 0 Å². The average Bonchev–Trinajstić information content (AvgIpc) is 2.07. The van der Waals surface area contributed by atoms with Crippen LogP contribution in [0.3, 0.4) is 0 Å². The third kappa shape index (κ3) is 2.68. The molecule has 1 rings (SSSR count). The number of aliphatic hydroxyl groups is 1. The number of carboxylic acid groups (broad SMARTS) is 1. The van der Waals surface area contributed by atoms with E-state index in [-0.39, 0.29) is 18.9 Å². The van der Waals surface area contributed by atoms with Crippen LogP contribution in [0.5, 0.6) is 0 Å². The highest BCUT2D eigenvalue weighted by Crippen LogP contribution is 2.09. The molecule has 1 heterocycles. The Balaban J connectivity index is 2.47. The summed E-state index contributed by atoms with van der Waals surface area (Å²) in [5.41, 5.74) is 0. The molecule has 1 saturated heterocycles. The molecule has 14 heavy (non-hydrogen) atoms. The lowest BCUT2D eigenvalue weighted by Gasteiger charge is -2.32. The van der Waals surface area contributed by atoms with E-state index in [4.69, 9.17) is 5.11 Å². The fraction of sp³-hybridized carbons (Fsp3) is 0.750. The fourth-order valence-corrected chi connectivity index (χ4v) is 1.49. The number of nitrogens with one attached hydrogen (secondary N) is 2. The van der Waals surface area contributed by atoms with Gasteiger partial charge < -0.3 is 20.8 Å². The number of carbonyl (C=O) groups is 2. The first kappa shape index (κ1) is 10.9. The Labute approximate surface area is 81.3 Å². The summed E-state index contributed by atoms with van der Waals surface area (Å²) in [6.07, 6.45) is -0.693. The summed E-state index contributed by atoms with van der Waals surface area (Å²) in [6.45, 7) is 1.63. The van der Waals surface area contributed by atoms with Gasteiger partial charge in [0.05, 0.1) is 12.1 Å². The van der Waals surface area contributed by atoms with Crippen LogP contribution in [0, 0.1) is 0 Å². The van der Waals surface area contributed by atoms with E-state index < -0.39 is 24.2 Å². The molecule has 0 saturated carbocycles. The fourth-order valence-electron chi connectivity index (χ4n) is 1.49. The topological polar surface area (TPSA) is 98.7 Å². The van der Waals surface area contributed by atoms with Gasteiger partial charge in [-0.15, -0.1) is 0 Å². The van der Waals surface area contributed by atoms with E-state index >= 15 is 0 Å². The molecule has 0 radical (unpaired) electrons. The first-order valence-corrected chi connectivity index (χ1v) is 4.42. The molecule has 80 valence electrons. The molecule has 0 aliphatic carbocycles. The number of carbonyl (C=O) groups excluding carboxylic acids is 1. The van der Waals surface area contributed by atoms with Crippen molar-refractivity contribution in [1.82, 2.24) is 10.6 Å². The molecule has 0 unspecified atom stereocenters. The van der Waals surface area contributed by atoms with Crippen molar-refractivity contribution in [2.24, 2.45) is 0 Å². The summed E-state index contributed by atoms with van der Waals surface area (Å²) >= 11 is 0. The maximum Gasteiger partial charge on any atom is 0.320 e. The molecule has 0 aromatic rings. The third-order valence-corrected chi connectivity index (χ3v) is 2.21. The van der Waals surface area contributed by atoms with Crippen LogP contribution in [0.1, 0.15) is 13.3 Å². The minimum atomic E-state index is -0.981. The van der Waals surface area contributed by atoms with Gasteiger partial charge in [0.2, 0.25) is 5.91 Å². The van der Waals surface area contributed by atoms with Crippen molar-refractivity contribution in [2.45, 2.75) is 31.5 Å². The van der Waals surface area contributed by atoms with Crippen molar-refractivity contribution in [2.75, 3.05) is 6.54 Å². The molecule has 1 amide bonds. The first-order valence-electron chi connectivity index (χ1n) is 4.42. The predicted molar refractivity (Wildman–Crippen MR) is 47.7 cm³/mol. The van der Waals surface area contributed by atoms with E-state index in [1.165, 1.54) is 6.92 Å². The SMILES string of the molecule is CC(=O)N[C@H]1CN[C@H](C(=O)O)C[C@@H]1O. The highest BCUT2D eigenvalue weighted by atomic mass is 16.4. The number of hydrogen-bond acceptors (Lipinski definition) is 4. The number of piperidine rings is 1. The average molecular weight is 202 g/mol. The second kappa shape index (κ2) is 4.39. The summed E-state index contributed by atoms with van der Waals surface area (Å²) in [4.78, 5) is 21.3. The second-order valence-electron chi connectivity index (χ2n) is 3.41. The van der Waals surface area contributed by atoms with Crippen molar-refractivity contribution < 1.29 is 19.8 Å². The molecule has 1 aliphatic rings. The van der Waals surface area contributed by atoms with Crippen LogP contribution >= 0.6 is 0 Å². The highest BCUT2D eigenvalue weighted by molar-refractivity contribution is 5.74. The van der Waals surface area contributed by atoms with Gasteiger partial charge in [0.1, 0.15) is 6.04 Å². The lowest BCUT2D eigenvalue weighted by molar-refractivity contribution is -0.141. The van der Waals surface area contributed by atoms with E-state index in [9.17, 15) is 14.7 Å². The van der Waals surface area contributed by atoms with Gasteiger partial charge in [0.25, 0.3) is 0 Å². The lowest BCUT2D eigenvalue weighted by atomic mass is 9.97. The van der Waals surface area contributed by atoms with Gasteiger partial charge >= 0.3 is 5.97 Å². The highest BCUT2D eigenvalue weighted by Gasteiger charge is 2.32. The van der Waals surface area contributed by atoms with Gasteiger partial charge in [0.15, 0.2) is 0 Å². The predicted octanol–water partition coefficient (Wildman–Crippen LogP) is -1.70. The molecule has 0 bridgehead atoms. The normalized spacial score (nSPS) is 32.3. The molecule has 6 nitrogen and oxygen atoms in total. The Morgan fingerprint density at radius 3 is 2.57 bits per heavy atom. The Bertz CT molecular complexity index is 243. The monoisotopic (exact) mass is 202 g/mol. The van der Waals surface area contributed by atoms with E-state index in [0.29, 0.717) is 0 Å². The number of amides is 1. The minimum absolute atomic E-state index is 0.111. The molecule has 1 fully saturated rings. The maximum atomic E-state index is 10.7. The van der Waals surface area contributed by atoms with Crippen LogP contribution in [0.25, 0.3) is 0 Å². The summed E-state index contributed by atoms with van der Waals surface area (Å²) < 4.78 is 0. The maximum absolute atomic E-state index is 10.7. The van der Waals surface area contributed by atoms with Crippen molar-refractivity contribution >= 4 is 11.9 Å². The van der Waals surface area contributed by atoms with Crippen molar-refractivity contribution in [3.63, 3.8) is 0 Å². The Morgan fingerprint density at radius 2 is 2.14 bits per heavy atom. The Hall–Kier alpha value is -1.14. The smallest absolute Gasteiger partial charge is 0.320 e. The number of carboxylic acids is 1. The molecular formula is C8H14N2O4. The van der Waals surface area contributed by atoms with E-state index in [1.807, 2.05) is 0 Å². The molecule has 0 spiro atoms. The zero-order chi connectivity index (χ0) is 10.7. The molecule has 4 N–H and O–H groups in total. The number of aliphatic carboxylic acids is 1. The van der Waals surface area contributed by atoms with Gasteiger partial charge in [-0.3, -0.25) is 9.59 Å². The summed E-state index contributed by atoms with van der Waals surface area (Å²) in [6, 6.07) is -1.13. The Kier molecular flexibility index (Phi) is 3.43. The molecule has 0 aromatic carbocycles. The molecule has 1 aliphatic heterocycles. The van der Waals surface area contributed by atoms with Gasteiger partial charge in [-0.1, -0.05) is 0 Å². The summed E-state index contributed by atoms with van der Waals surface area (Å²) in [7, 11) is 0. The van der Waals surface area contributed by atoms with E-state index in [0.717, 1.165) is 0 Å². The van der Waals surface area contributed by atoms with Gasteiger partial charge in [-0.25, -0.2) is 0 Å². The summed E-state index contributed by atoms with van der Waals surface area (Å²) in [5, 5.41) is 23.5. The second-order valence-corrected chi connectivity index (χ2v) is 3.41. The first-order chi connectivity index (χ1) is 6.50. The standard InChI is InChI=1S/C8H14N2O4/c1-4(11)10-6-3-9-5(8(13)14)2-7(6)12/h5-7,9,12H,2-3H2,1H3,(H,10,11)(H,13,14)/t5-,6-,7-/m0/s1. The van der Waals surface area contributed by atoms with Crippen LogP contribution in [0.4, 0.5) is 0 Å². The number of rotatable bonds is 2. The van der Waals surface area contributed by atoms with Gasteiger partial charge in [0, 0.05) is 19.9 Å². The van der Waals surface area contributed by atoms with Gasteiger partial charge in [-0.2, -0.15) is 0 Å². The van der Waals surface area contributed by atoms with Crippen LogP contribution in [0.15, 0.2) is 0 Å². The number of aliphatic hydroxyl groups excluding tert-OH is 1. The van der Waals surface area contributed by atoms with Crippen molar-refractivity contribution in [3.05, 3.63) is 0 Å². The number of hydrogen-bond donors (Lipinski definition) is 4. The minimum Gasteiger partial charge on any atom is -0.480 e. The van der Waals surface area contributed by atoms with Crippen LogP contribution in [-0.2, 0) is 9.59 Å². The van der Waals surface area contributed by atoms with Crippen molar-refractivity contribution in [3.8, 4) is 0 Å². The molecule has 3 atom stereocenters. The van der Waals surface area contributed by atoms with Crippen LogP contribution in [0.2, 0.25) is 0 Å². The van der Waals surface area contributed by atoms with E-state index in [1.54, 1.807) is 0 Å². The lowest BCUT2D eigenvalue weighted by Crippen LogP contribution is -2.58. The Morgan fingerprint density at radius 1 is 1.50 bits per heavy atom. The zero-order valence-electron chi connectivity index (χ0n) is 7.86. The quantitative estimate of drug-likeness (QED) is 0.428. The molecular weight excluding hydrogens is 188 g/mol. The zero-order valence-corrected chi connectivity index (χ0v) is 7.86. The van der Waals surface area contributed by atoms with E-state index in [2.05, 4.69) is 10.6 Å². The largest absolute Gasteiger partial charge is 0.480 e. The summed E-state index contributed by atoms with van der Waals surface area (Å²) in [5.74, 6) is -1.21. The van der Waals surface area contributed by atoms with Crippen LogP contribution in [-0.4, -0.2) is 46.8 Å². The third-order valence-electron chi connectivity index (χ3n) is 2.21. The van der Waals surface area contributed by atoms with Gasteiger partial charge in [-0.05, 0) is 0 Å².